The van der Waals surface area contributed by atoms with Crippen molar-refractivity contribution in [3.63, 3.8) is 0 Å². The number of likely N-dealkylation sites (tertiary alicyclic amines) is 1. The van der Waals surface area contributed by atoms with Gasteiger partial charge in [0.1, 0.15) is 10.0 Å². The lowest BCUT2D eigenvalue weighted by molar-refractivity contribution is -0.121. The number of anilines is 1. The van der Waals surface area contributed by atoms with Crippen LogP contribution in [0.5, 0.6) is 0 Å². The smallest absolute Gasteiger partial charge is 0.227 e. The van der Waals surface area contributed by atoms with Gasteiger partial charge >= 0.3 is 0 Å². The van der Waals surface area contributed by atoms with Gasteiger partial charge in [-0.15, -0.1) is 10.2 Å². The fraction of sp³-hybridized carbons (Fsp3) is 0.450. The number of benzene rings is 1. The first kappa shape index (κ1) is 18.7. The molecule has 0 aliphatic carbocycles. The van der Waals surface area contributed by atoms with Crippen LogP contribution in [0.3, 0.4) is 0 Å². The maximum absolute atomic E-state index is 12.6. The monoisotopic (exact) mass is 370 g/mol. The number of amides is 1. The molecule has 0 spiro atoms. The van der Waals surface area contributed by atoms with Gasteiger partial charge in [0.2, 0.25) is 5.91 Å². The van der Waals surface area contributed by atoms with Crippen LogP contribution in [0.2, 0.25) is 0 Å². The summed E-state index contributed by atoms with van der Waals surface area (Å²) in [4.78, 5) is 15.0. The molecule has 0 atom stereocenters. The number of nitrogens with zero attached hydrogens (tertiary/aromatic N) is 3. The molecule has 2 aromatic rings. The van der Waals surface area contributed by atoms with Crippen molar-refractivity contribution < 1.29 is 4.79 Å². The van der Waals surface area contributed by atoms with Crippen LogP contribution >= 0.6 is 11.3 Å². The third-order valence-electron chi connectivity index (χ3n) is 4.62. The molecule has 3 rings (SSSR count). The summed E-state index contributed by atoms with van der Waals surface area (Å²) in [7, 11) is 0. The minimum atomic E-state index is 0.0883. The molecule has 26 heavy (non-hydrogen) atoms. The Morgan fingerprint density at radius 3 is 2.73 bits per heavy atom. The second-order valence-electron chi connectivity index (χ2n) is 7.05. The van der Waals surface area contributed by atoms with Gasteiger partial charge in [-0.2, -0.15) is 0 Å². The SMILES string of the molecule is CC(C)=CCN1CCC(C(=O)Nc2cccc(-c3nnc(C)s3)c2)CC1. The fourth-order valence-corrected chi connectivity index (χ4v) is 3.76. The summed E-state index contributed by atoms with van der Waals surface area (Å²) < 4.78 is 0. The van der Waals surface area contributed by atoms with E-state index in [1.807, 2.05) is 31.2 Å². The Hall–Kier alpha value is -2.05. The first-order valence-electron chi connectivity index (χ1n) is 9.08. The summed E-state index contributed by atoms with van der Waals surface area (Å²) in [6, 6.07) is 7.85. The Labute approximate surface area is 159 Å². The van der Waals surface area contributed by atoms with Crippen molar-refractivity contribution in [3.8, 4) is 10.6 Å². The number of allylic oxidation sites excluding steroid dienone is 1. The molecule has 1 saturated heterocycles. The predicted molar refractivity (Wildman–Crippen MR) is 107 cm³/mol. The Balaban J connectivity index is 1.56. The van der Waals surface area contributed by atoms with Crippen molar-refractivity contribution in [2.75, 3.05) is 25.0 Å². The van der Waals surface area contributed by atoms with E-state index in [4.69, 9.17) is 0 Å². The number of piperidine rings is 1. The van der Waals surface area contributed by atoms with E-state index in [0.29, 0.717) is 0 Å². The van der Waals surface area contributed by atoms with Crippen LogP contribution in [-0.2, 0) is 4.79 Å². The molecule has 0 radical (unpaired) electrons. The highest BCUT2D eigenvalue weighted by Gasteiger charge is 2.24. The van der Waals surface area contributed by atoms with Crippen molar-refractivity contribution in [1.29, 1.82) is 0 Å². The zero-order valence-electron chi connectivity index (χ0n) is 15.7. The molecule has 0 bridgehead atoms. The van der Waals surface area contributed by atoms with Gasteiger partial charge in [-0.3, -0.25) is 9.69 Å². The van der Waals surface area contributed by atoms with Crippen LogP contribution in [0.15, 0.2) is 35.9 Å². The molecular formula is C20H26N4OS. The number of rotatable bonds is 5. The average Bonchev–Trinajstić information content (AvgIpc) is 3.07. The lowest BCUT2D eigenvalue weighted by Gasteiger charge is -2.30. The van der Waals surface area contributed by atoms with Crippen LogP contribution in [0.25, 0.3) is 10.6 Å². The number of aromatic nitrogens is 2. The molecule has 1 aromatic carbocycles. The number of hydrogen-bond acceptors (Lipinski definition) is 5. The van der Waals surface area contributed by atoms with Crippen LogP contribution in [0.4, 0.5) is 5.69 Å². The molecule has 1 aliphatic rings. The zero-order chi connectivity index (χ0) is 18.5. The molecule has 1 amide bonds. The number of nitrogens with one attached hydrogen (secondary N) is 1. The number of carbonyl (C=O) groups excluding carboxylic acids is 1. The zero-order valence-corrected chi connectivity index (χ0v) is 16.5. The van der Waals surface area contributed by atoms with Gasteiger partial charge in [-0.25, -0.2) is 0 Å². The van der Waals surface area contributed by atoms with Crippen molar-refractivity contribution in [2.45, 2.75) is 33.6 Å². The highest BCUT2D eigenvalue weighted by molar-refractivity contribution is 7.14. The van der Waals surface area contributed by atoms with E-state index in [1.165, 1.54) is 5.57 Å². The standard InChI is InChI=1S/C20H26N4OS/c1-14(2)7-10-24-11-8-16(9-12-24)19(25)21-18-6-4-5-17(13-18)20-23-22-15(3)26-20/h4-7,13,16H,8-12H2,1-3H3,(H,21,25). The molecule has 2 heterocycles. The molecule has 1 fully saturated rings. The third kappa shape index (κ3) is 4.99. The summed E-state index contributed by atoms with van der Waals surface area (Å²) in [5.74, 6) is 0.211. The first-order chi connectivity index (χ1) is 12.5. The van der Waals surface area contributed by atoms with E-state index in [9.17, 15) is 4.79 Å². The number of hydrogen-bond donors (Lipinski definition) is 1. The molecule has 138 valence electrons. The highest BCUT2D eigenvalue weighted by atomic mass is 32.1. The molecule has 1 aromatic heterocycles. The van der Waals surface area contributed by atoms with E-state index >= 15 is 0 Å². The highest BCUT2D eigenvalue weighted by Crippen LogP contribution is 2.26. The van der Waals surface area contributed by atoms with E-state index in [1.54, 1.807) is 11.3 Å². The topological polar surface area (TPSA) is 58.1 Å². The minimum absolute atomic E-state index is 0.0883. The lowest BCUT2D eigenvalue weighted by atomic mass is 9.95. The van der Waals surface area contributed by atoms with Gasteiger partial charge in [0, 0.05) is 23.7 Å². The summed E-state index contributed by atoms with van der Waals surface area (Å²) in [5, 5.41) is 13.1. The number of aryl methyl sites for hydroxylation is 1. The fourth-order valence-electron chi connectivity index (χ4n) is 3.08. The van der Waals surface area contributed by atoms with Crippen LogP contribution < -0.4 is 5.32 Å². The van der Waals surface area contributed by atoms with Gasteiger partial charge in [-0.05, 0) is 58.8 Å². The van der Waals surface area contributed by atoms with Crippen LogP contribution in [0, 0.1) is 12.8 Å². The summed E-state index contributed by atoms with van der Waals surface area (Å²) >= 11 is 1.56. The minimum Gasteiger partial charge on any atom is -0.326 e. The Morgan fingerprint density at radius 1 is 1.31 bits per heavy atom. The van der Waals surface area contributed by atoms with Crippen molar-refractivity contribution in [1.82, 2.24) is 15.1 Å². The molecule has 5 nitrogen and oxygen atoms in total. The molecule has 0 unspecified atom stereocenters. The molecule has 1 aliphatic heterocycles. The van der Waals surface area contributed by atoms with Gasteiger partial charge in [-0.1, -0.05) is 35.1 Å². The molecule has 1 N–H and O–H groups in total. The van der Waals surface area contributed by atoms with Gasteiger partial charge in [0.15, 0.2) is 0 Å². The maximum Gasteiger partial charge on any atom is 0.227 e. The molecular weight excluding hydrogens is 344 g/mol. The normalized spacial score (nSPS) is 15.7. The number of carbonyl (C=O) groups is 1. The summed E-state index contributed by atoms with van der Waals surface area (Å²) in [6.07, 6.45) is 4.08. The van der Waals surface area contributed by atoms with Crippen molar-refractivity contribution in [3.05, 3.63) is 40.9 Å². The summed E-state index contributed by atoms with van der Waals surface area (Å²) in [6.45, 7) is 9.13. The quantitative estimate of drug-likeness (QED) is 0.804. The van der Waals surface area contributed by atoms with Gasteiger partial charge in [0.25, 0.3) is 0 Å². The summed E-state index contributed by atoms with van der Waals surface area (Å²) in [5.41, 5.74) is 3.16. The van der Waals surface area contributed by atoms with Crippen LogP contribution in [0.1, 0.15) is 31.7 Å². The van der Waals surface area contributed by atoms with Crippen molar-refractivity contribution >= 4 is 22.9 Å². The Morgan fingerprint density at radius 2 is 2.08 bits per heavy atom. The van der Waals surface area contributed by atoms with Crippen molar-refractivity contribution in [2.24, 2.45) is 5.92 Å². The van der Waals surface area contributed by atoms with Gasteiger partial charge in [0.05, 0.1) is 0 Å². The second kappa shape index (κ2) is 8.56. The predicted octanol–water partition coefficient (Wildman–Crippen LogP) is 4.13. The van der Waals surface area contributed by atoms with E-state index in [2.05, 4.69) is 40.3 Å². The first-order valence-corrected chi connectivity index (χ1v) is 9.90. The second-order valence-corrected chi connectivity index (χ2v) is 8.23. The third-order valence-corrected chi connectivity index (χ3v) is 5.51. The Kier molecular flexibility index (Phi) is 6.16. The van der Waals surface area contributed by atoms with Crippen LogP contribution in [-0.4, -0.2) is 40.6 Å². The van der Waals surface area contributed by atoms with Gasteiger partial charge < -0.3 is 5.32 Å². The average molecular weight is 371 g/mol. The lowest BCUT2D eigenvalue weighted by Crippen LogP contribution is -2.38. The molecule has 0 saturated carbocycles. The van der Waals surface area contributed by atoms with E-state index in [-0.39, 0.29) is 11.8 Å². The molecule has 6 heteroatoms. The van der Waals surface area contributed by atoms with E-state index in [0.717, 1.165) is 53.7 Å². The largest absolute Gasteiger partial charge is 0.326 e. The van der Waals surface area contributed by atoms with E-state index < -0.39 is 0 Å². The maximum atomic E-state index is 12.6. The Bertz CT molecular complexity index is 787.